The number of likely N-dealkylation sites (N-methyl/N-ethyl adjacent to an activating group) is 1. The summed E-state index contributed by atoms with van der Waals surface area (Å²) in [6.45, 7) is 3.90. The van der Waals surface area contributed by atoms with Crippen LogP contribution in [0.2, 0.25) is 0 Å². The van der Waals surface area contributed by atoms with E-state index in [2.05, 4.69) is 5.32 Å². The number of aliphatic carboxylic acids is 1. The summed E-state index contributed by atoms with van der Waals surface area (Å²) in [5, 5.41) is 12.1. The number of carbonyl (C=O) groups is 2. The minimum atomic E-state index is -0.877. The first kappa shape index (κ1) is 18.7. The molecule has 5 heteroatoms. The van der Waals surface area contributed by atoms with Gasteiger partial charge in [0.15, 0.2) is 0 Å². The van der Waals surface area contributed by atoms with Crippen molar-refractivity contribution in [1.82, 2.24) is 4.90 Å². The Labute approximate surface area is 148 Å². The maximum atomic E-state index is 12.9. The maximum Gasteiger partial charge on any atom is 0.307 e. The van der Waals surface area contributed by atoms with Crippen molar-refractivity contribution in [1.29, 1.82) is 0 Å². The molecule has 0 radical (unpaired) electrons. The number of benzene rings is 2. The van der Waals surface area contributed by atoms with E-state index in [0.29, 0.717) is 0 Å². The molecule has 0 aliphatic carbocycles. The normalized spacial score (nSPS) is 13.3. The molecule has 2 rings (SSSR count). The van der Waals surface area contributed by atoms with Crippen LogP contribution in [-0.2, 0) is 9.59 Å². The van der Waals surface area contributed by atoms with Crippen molar-refractivity contribution in [2.24, 2.45) is 5.92 Å². The third-order valence-corrected chi connectivity index (χ3v) is 4.11. The first-order valence-corrected chi connectivity index (χ1v) is 8.24. The highest BCUT2D eigenvalue weighted by Crippen LogP contribution is 2.23. The van der Waals surface area contributed by atoms with Crippen molar-refractivity contribution in [2.75, 3.05) is 18.9 Å². The quantitative estimate of drug-likeness (QED) is 0.811. The Hall–Kier alpha value is -2.66. The van der Waals surface area contributed by atoms with E-state index in [9.17, 15) is 9.59 Å². The molecule has 0 aliphatic rings. The van der Waals surface area contributed by atoms with Gasteiger partial charge in [-0.05, 0) is 31.7 Å². The standard InChI is InChI=1S/C20H24N2O3/c1-14-9-11-17(12-10-14)21-19(23)18(16-7-5-4-6-8-16)22(3)13-15(2)20(24)25/h4-12,15,18H,13H2,1-3H3,(H,21,23)(H,24,25). The first-order valence-electron chi connectivity index (χ1n) is 8.24. The van der Waals surface area contributed by atoms with Crippen molar-refractivity contribution < 1.29 is 14.7 Å². The van der Waals surface area contributed by atoms with Crippen molar-refractivity contribution in [3.63, 3.8) is 0 Å². The van der Waals surface area contributed by atoms with E-state index in [4.69, 9.17) is 5.11 Å². The van der Waals surface area contributed by atoms with Crippen LogP contribution in [-0.4, -0.2) is 35.5 Å². The van der Waals surface area contributed by atoms with Crippen LogP contribution in [0.1, 0.15) is 24.1 Å². The lowest BCUT2D eigenvalue weighted by molar-refractivity contribution is -0.142. The average molecular weight is 340 g/mol. The molecular formula is C20H24N2O3. The van der Waals surface area contributed by atoms with Gasteiger partial charge in [0.2, 0.25) is 5.91 Å². The van der Waals surface area contributed by atoms with Crippen LogP contribution in [0.4, 0.5) is 5.69 Å². The molecular weight excluding hydrogens is 316 g/mol. The molecule has 0 fully saturated rings. The van der Waals surface area contributed by atoms with Gasteiger partial charge in [-0.2, -0.15) is 0 Å². The third-order valence-electron chi connectivity index (χ3n) is 4.11. The summed E-state index contributed by atoms with van der Waals surface area (Å²) in [5.74, 6) is -1.63. The number of amides is 1. The number of carboxylic acids is 1. The Morgan fingerprint density at radius 2 is 1.68 bits per heavy atom. The molecule has 0 spiro atoms. The smallest absolute Gasteiger partial charge is 0.307 e. The van der Waals surface area contributed by atoms with E-state index in [1.807, 2.05) is 61.5 Å². The lowest BCUT2D eigenvalue weighted by atomic mass is 10.0. The molecule has 2 aromatic rings. The van der Waals surface area contributed by atoms with Gasteiger partial charge in [-0.25, -0.2) is 0 Å². The highest BCUT2D eigenvalue weighted by Gasteiger charge is 2.27. The van der Waals surface area contributed by atoms with Crippen molar-refractivity contribution in [2.45, 2.75) is 19.9 Å². The summed E-state index contributed by atoms with van der Waals surface area (Å²) in [5.41, 5.74) is 2.66. The molecule has 0 saturated heterocycles. The number of aryl methyl sites for hydroxylation is 1. The number of carboxylic acid groups (broad SMARTS) is 1. The van der Waals surface area contributed by atoms with Crippen molar-refractivity contribution in [3.8, 4) is 0 Å². The predicted octanol–water partition coefficient (Wildman–Crippen LogP) is 3.33. The van der Waals surface area contributed by atoms with Crippen LogP contribution in [0.15, 0.2) is 54.6 Å². The zero-order chi connectivity index (χ0) is 18.4. The van der Waals surface area contributed by atoms with Gasteiger partial charge in [0.25, 0.3) is 0 Å². The second-order valence-electron chi connectivity index (χ2n) is 6.35. The van der Waals surface area contributed by atoms with Gasteiger partial charge in [0, 0.05) is 12.2 Å². The zero-order valence-electron chi connectivity index (χ0n) is 14.8. The Kier molecular flexibility index (Phi) is 6.31. The number of hydrogen-bond donors (Lipinski definition) is 2. The van der Waals surface area contributed by atoms with Gasteiger partial charge in [-0.1, -0.05) is 55.0 Å². The molecule has 2 aromatic carbocycles. The lowest BCUT2D eigenvalue weighted by Crippen LogP contribution is -2.38. The summed E-state index contributed by atoms with van der Waals surface area (Å²) in [6, 6.07) is 16.4. The largest absolute Gasteiger partial charge is 0.481 e. The van der Waals surface area contributed by atoms with Gasteiger partial charge in [0.05, 0.1) is 5.92 Å². The molecule has 0 aromatic heterocycles. The summed E-state index contributed by atoms with van der Waals surface area (Å²) in [4.78, 5) is 25.8. The van der Waals surface area contributed by atoms with Crippen LogP contribution in [0.3, 0.4) is 0 Å². The van der Waals surface area contributed by atoms with E-state index in [1.54, 1.807) is 18.9 Å². The molecule has 0 saturated carbocycles. The number of rotatable bonds is 7. The minimum absolute atomic E-state index is 0.185. The summed E-state index contributed by atoms with van der Waals surface area (Å²) < 4.78 is 0. The SMILES string of the molecule is Cc1ccc(NC(=O)C(c2ccccc2)N(C)CC(C)C(=O)O)cc1. The Balaban J connectivity index is 2.23. The maximum absolute atomic E-state index is 12.9. The van der Waals surface area contributed by atoms with Crippen molar-refractivity contribution in [3.05, 3.63) is 65.7 Å². The van der Waals surface area contributed by atoms with Crippen LogP contribution < -0.4 is 5.32 Å². The van der Waals surface area contributed by atoms with Gasteiger partial charge in [-0.3, -0.25) is 14.5 Å². The van der Waals surface area contributed by atoms with Gasteiger partial charge in [0.1, 0.15) is 6.04 Å². The van der Waals surface area contributed by atoms with Gasteiger partial charge < -0.3 is 10.4 Å². The molecule has 2 N–H and O–H groups in total. The summed E-state index contributed by atoms with van der Waals surface area (Å²) in [6.07, 6.45) is 0. The lowest BCUT2D eigenvalue weighted by Gasteiger charge is -2.28. The molecule has 0 heterocycles. The van der Waals surface area contributed by atoms with Crippen LogP contribution in [0.25, 0.3) is 0 Å². The van der Waals surface area contributed by atoms with E-state index in [0.717, 1.165) is 16.8 Å². The molecule has 0 bridgehead atoms. The van der Waals surface area contributed by atoms with E-state index < -0.39 is 17.9 Å². The van der Waals surface area contributed by atoms with Crippen molar-refractivity contribution >= 4 is 17.6 Å². The fourth-order valence-electron chi connectivity index (χ4n) is 2.70. The second-order valence-corrected chi connectivity index (χ2v) is 6.35. The molecule has 132 valence electrons. The van der Waals surface area contributed by atoms with Crippen LogP contribution in [0.5, 0.6) is 0 Å². The topological polar surface area (TPSA) is 69.6 Å². The zero-order valence-corrected chi connectivity index (χ0v) is 14.8. The second kappa shape index (κ2) is 8.44. The highest BCUT2D eigenvalue weighted by molar-refractivity contribution is 5.95. The summed E-state index contributed by atoms with van der Waals surface area (Å²) >= 11 is 0. The average Bonchev–Trinajstić information content (AvgIpc) is 2.58. The molecule has 1 amide bonds. The minimum Gasteiger partial charge on any atom is -0.481 e. The monoisotopic (exact) mass is 340 g/mol. The number of nitrogens with zero attached hydrogens (tertiary/aromatic N) is 1. The van der Waals surface area contributed by atoms with Gasteiger partial charge >= 0.3 is 5.97 Å². The number of nitrogens with one attached hydrogen (secondary N) is 1. The number of hydrogen-bond acceptors (Lipinski definition) is 3. The highest BCUT2D eigenvalue weighted by atomic mass is 16.4. The Morgan fingerprint density at radius 1 is 1.08 bits per heavy atom. The van der Waals surface area contributed by atoms with Crippen LogP contribution in [0, 0.1) is 12.8 Å². The van der Waals surface area contributed by atoms with Gasteiger partial charge in [-0.15, -0.1) is 0 Å². The summed E-state index contributed by atoms with van der Waals surface area (Å²) in [7, 11) is 1.77. The third kappa shape index (κ3) is 5.16. The first-order chi connectivity index (χ1) is 11.9. The van der Waals surface area contributed by atoms with Crippen LogP contribution >= 0.6 is 0 Å². The molecule has 2 unspecified atom stereocenters. The Morgan fingerprint density at radius 3 is 2.24 bits per heavy atom. The van der Waals surface area contributed by atoms with E-state index >= 15 is 0 Å². The van der Waals surface area contributed by atoms with E-state index in [1.165, 1.54) is 0 Å². The Bertz CT molecular complexity index is 713. The fourth-order valence-corrected chi connectivity index (χ4v) is 2.70. The fraction of sp³-hybridized carbons (Fsp3) is 0.300. The predicted molar refractivity (Wildman–Crippen MR) is 98.4 cm³/mol. The number of carbonyl (C=O) groups excluding carboxylic acids is 1. The van der Waals surface area contributed by atoms with E-state index in [-0.39, 0.29) is 12.5 Å². The molecule has 2 atom stereocenters. The molecule has 0 aliphatic heterocycles. The molecule has 25 heavy (non-hydrogen) atoms. The molecule has 5 nitrogen and oxygen atoms in total. The number of anilines is 1.